The van der Waals surface area contributed by atoms with Crippen molar-refractivity contribution in [2.24, 2.45) is 5.41 Å². The lowest BCUT2D eigenvalue weighted by Crippen LogP contribution is -2.40. The molecule has 27 heavy (non-hydrogen) atoms. The second-order valence-electron chi connectivity index (χ2n) is 8.00. The van der Waals surface area contributed by atoms with Gasteiger partial charge in [0.05, 0.1) is 18.1 Å². The van der Waals surface area contributed by atoms with Crippen molar-refractivity contribution in [3.8, 4) is 17.0 Å². The first kappa shape index (κ1) is 19.1. The van der Waals surface area contributed by atoms with Crippen LogP contribution in [0.25, 0.3) is 11.3 Å². The van der Waals surface area contributed by atoms with Gasteiger partial charge in [-0.1, -0.05) is 33.3 Å². The van der Waals surface area contributed by atoms with Gasteiger partial charge in [0, 0.05) is 16.5 Å². The fourth-order valence-electron chi connectivity index (χ4n) is 3.12. The Morgan fingerprint density at radius 3 is 2.48 bits per heavy atom. The number of carbonyl (C=O) groups is 1. The van der Waals surface area contributed by atoms with Crippen LogP contribution >= 0.6 is 0 Å². The zero-order valence-electron chi connectivity index (χ0n) is 15.7. The molecule has 0 spiro atoms. The summed E-state index contributed by atoms with van der Waals surface area (Å²) in [6.45, 7) is 5.26. The Hall–Kier alpha value is -2.70. The van der Waals surface area contributed by atoms with Gasteiger partial charge in [0.15, 0.2) is 11.6 Å². The van der Waals surface area contributed by atoms with Gasteiger partial charge in [-0.25, -0.2) is 14.2 Å². The molecule has 144 valence electrons. The molecule has 1 heterocycles. The monoisotopic (exact) mass is 373 g/mol. The molecule has 0 amide bonds. The van der Waals surface area contributed by atoms with E-state index in [2.05, 4.69) is 9.97 Å². The van der Waals surface area contributed by atoms with Crippen LogP contribution in [0, 0.1) is 11.2 Å². The summed E-state index contributed by atoms with van der Waals surface area (Å²) in [5, 5.41) is 9.59. The van der Waals surface area contributed by atoms with Gasteiger partial charge in [-0.05, 0) is 24.8 Å². The van der Waals surface area contributed by atoms with Crippen molar-refractivity contribution < 1.29 is 19.0 Å². The summed E-state index contributed by atoms with van der Waals surface area (Å²) in [6.07, 6.45) is 4.49. The lowest BCUT2D eigenvalue weighted by molar-refractivity contribution is -0.150. The van der Waals surface area contributed by atoms with E-state index in [0.717, 1.165) is 19.3 Å². The SMILES string of the molecule is CC(C)(C)C(Oc1c(C2CCC2)ccc(-c2cnc(N)cn2)c1F)C(=O)O. The van der Waals surface area contributed by atoms with Crippen LogP contribution < -0.4 is 10.5 Å². The van der Waals surface area contributed by atoms with Crippen LogP contribution in [-0.4, -0.2) is 27.1 Å². The Balaban J connectivity index is 2.09. The molecule has 2 aromatic rings. The third-order valence-electron chi connectivity index (χ3n) is 4.87. The van der Waals surface area contributed by atoms with Crippen LogP contribution in [0.2, 0.25) is 0 Å². The zero-order chi connectivity index (χ0) is 19.8. The Morgan fingerprint density at radius 1 is 1.30 bits per heavy atom. The van der Waals surface area contributed by atoms with Crippen LogP contribution in [0.5, 0.6) is 5.75 Å². The van der Waals surface area contributed by atoms with E-state index >= 15 is 4.39 Å². The molecule has 1 fully saturated rings. The Bertz CT molecular complexity index is 843. The predicted octanol–water partition coefficient (Wildman–Crippen LogP) is 4.01. The van der Waals surface area contributed by atoms with Gasteiger partial charge in [0.1, 0.15) is 5.82 Å². The van der Waals surface area contributed by atoms with Crippen LogP contribution in [0.3, 0.4) is 0 Å². The highest BCUT2D eigenvalue weighted by Crippen LogP contribution is 2.44. The maximum absolute atomic E-state index is 15.4. The number of carboxylic acid groups (broad SMARTS) is 1. The molecule has 1 aromatic heterocycles. The number of hydrogen-bond donors (Lipinski definition) is 2. The fraction of sp³-hybridized carbons (Fsp3) is 0.450. The molecule has 1 aromatic carbocycles. The van der Waals surface area contributed by atoms with Crippen molar-refractivity contribution in [3.63, 3.8) is 0 Å². The second-order valence-corrected chi connectivity index (χ2v) is 8.00. The normalized spacial score (nSPS) is 15.9. The number of hydrogen-bond acceptors (Lipinski definition) is 5. The highest BCUT2D eigenvalue weighted by atomic mass is 19.1. The van der Waals surface area contributed by atoms with Gasteiger partial charge in [0.2, 0.25) is 6.10 Å². The van der Waals surface area contributed by atoms with E-state index in [9.17, 15) is 9.90 Å². The van der Waals surface area contributed by atoms with Crippen LogP contribution in [0.15, 0.2) is 24.5 Å². The van der Waals surface area contributed by atoms with Crippen molar-refractivity contribution in [1.29, 1.82) is 0 Å². The van der Waals surface area contributed by atoms with Gasteiger partial charge >= 0.3 is 5.97 Å². The minimum atomic E-state index is -1.18. The largest absolute Gasteiger partial charge is 0.478 e. The summed E-state index contributed by atoms with van der Waals surface area (Å²) in [5.74, 6) is -1.33. The van der Waals surface area contributed by atoms with E-state index in [0.29, 0.717) is 11.3 Å². The molecule has 0 aliphatic heterocycles. The Labute approximate surface area is 157 Å². The molecule has 0 radical (unpaired) electrons. The number of nitrogens with two attached hydrogens (primary N) is 1. The van der Waals surface area contributed by atoms with Crippen molar-refractivity contribution in [2.75, 3.05) is 5.73 Å². The number of ether oxygens (including phenoxy) is 1. The smallest absolute Gasteiger partial charge is 0.345 e. The number of nitrogens with zero attached hydrogens (tertiary/aromatic N) is 2. The molecule has 1 aliphatic carbocycles. The van der Waals surface area contributed by atoms with E-state index in [1.165, 1.54) is 12.4 Å². The summed E-state index contributed by atoms with van der Waals surface area (Å²) in [5.41, 5.74) is 6.08. The lowest BCUT2D eigenvalue weighted by atomic mass is 9.79. The number of aromatic nitrogens is 2. The van der Waals surface area contributed by atoms with Crippen molar-refractivity contribution >= 4 is 11.8 Å². The molecular formula is C20H24FN3O3. The van der Waals surface area contributed by atoms with Crippen molar-refractivity contribution in [1.82, 2.24) is 9.97 Å². The minimum absolute atomic E-state index is 0.00171. The first-order valence-corrected chi connectivity index (χ1v) is 8.98. The molecule has 3 rings (SSSR count). The fourth-order valence-corrected chi connectivity index (χ4v) is 3.12. The number of aliphatic carboxylic acids is 1. The molecular weight excluding hydrogens is 349 g/mol. The average molecular weight is 373 g/mol. The van der Waals surface area contributed by atoms with Crippen LogP contribution in [0.1, 0.15) is 51.5 Å². The zero-order valence-corrected chi connectivity index (χ0v) is 15.7. The van der Waals surface area contributed by atoms with Crippen LogP contribution in [-0.2, 0) is 4.79 Å². The number of carboxylic acids is 1. The standard InChI is InChI=1S/C20H24FN3O3/c1-20(2,3)18(19(25)26)27-17-12(11-5-4-6-11)7-8-13(16(17)21)14-9-24-15(22)10-23-14/h7-11,18H,4-6H2,1-3H3,(H2,22,24)(H,25,26). The van der Waals surface area contributed by atoms with E-state index in [1.54, 1.807) is 32.9 Å². The number of halogens is 1. The van der Waals surface area contributed by atoms with Crippen molar-refractivity contribution in [2.45, 2.75) is 52.1 Å². The summed E-state index contributed by atoms with van der Waals surface area (Å²) >= 11 is 0. The first-order chi connectivity index (χ1) is 12.7. The van der Waals surface area contributed by atoms with Gasteiger partial charge in [-0.2, -0.15) is 0 Å². The molecule has 0 bridgehead atoms. The van der Waals surface area contributed by atoms with E-state index in [4.69, 9.17) is 10.5 Å². The topological polar surface area (TPSA) is 98.3 Å². The summed E-state index contributed by atoms with van der Waals surface area (Å²) < 4.78 is 21.2. The summed E-state index contributed by atoms with van der Waals surface area (Å²) in [6, 6.07) is 3.44. The number of nitrogen functional groups attached to an aromatic ring is 1. The van der Waals surface area contributed by atoms with Gasteiger partial charge < -0.3 is 15.6 Å². The van der Waals surface area contributed by atoms with Crippen LogP contribution in [0.4, 0.5) is 10.2 Å². The van der Waals surface area contributed by atoms with E-state index in [1.807, 2.05) is 0 Å². The highest BCUT2D eigenvalue weighted by molar-refractivity contribution is 5.74. The molecule has 1 aliphatic rings. The van der Waals surface area contributed by atoms with Crippen molar-refractivity contribution in [3.05, 3.63) is 35.9 Å². The second kappa shape index (κ2) is 7.13. The maximum Gasteiger partial charge on any atom is 0.345 e. The van der Waals surface area contributed by atoms with E-state index in [-0.39, 0.29) is 23.0 Å². The third kappa shape index (κ3) is 3.86. The van der Waals surface area contributed by atoms with Gasteiger partial charge in [-0.3, -0.25) is 4.98 Å². The number of benzene rings is 1. The highest BCUT2D eigenvalue weighted by Gasteiger charge is 2.36. The Kier molecular flexibility index (Phi) is 5.04. The molecule has 1 atom stereocenters. The molecule has 3 N–H and O–H groups in total. The maximum atomic E-state index is 15.4. The molecule has 0 saturated heterocycles. The third-order valence-corrected chi connectivity index (χ3v) is 4.87. The molecule has 6 nitrogen and oxygen atoms in total. The lowest BCUT2D eigenvalue weighted by Gasteiger charge is -2.32. The quantitative estimate of drug-likeness (QED) is 0.822. The number of rotatable bonds is 5. The number of anilines is 1. The Morgan fingerprint density at radius 2 is 2.00 bits per heavy atom. The first-order valence-electron chi connectivity index (χ1n) is 8.98. The predicted molar refractivity (Wildman–Crippen MR) is 99.9 cm³/mol. The molecule has 1 unspecified atom stereocenters. The minimum Gasteiger partial charge on any atom is -0.478 e. The van der Waals surface area contributed by atoms with Gasteiger partial charge in [-0.15, -0.1) is 0 Å². The van der Waals surface area contributed by atoms with Gasteiger partial charge in [0.25, 0.3) is 0 Å². The molecule has 7 heteroatoms. The summed E-state index contributed by atoms with van der Waals surface area (Å²) in [4.78, 5) is 19.8. The molecule has 1 saturated carbocycles. The summed E-state index contributed by atoms with van der Waals surface area (Å²) in [7, 11) is 0. The average Bonchev–Trinajstić information content (AvgIpc) is 2.52. The van der Waals surface area contributed by atoms with E-state index < -0.39 is 23.3 Å².